The second-order valence-electron chi connectivity index (χ2n) is 6.12. The maximum atomic E-state index is 11.2. The summed E-state index contributed by atoms with van der Waals surface area (Å²) in [6, 6.07) is 0. The van der Waals surface area contributed by atoms with Gasteiger partial charge in [0.25, 0.3) is 0 Å². The molecule has 0 aliphatic rings. The Bertz CT molecular complexity index is 460. The van der Waals surface area contributed by atoms with E-state index in [9.17, 15) is 19.8 Å². The molecule has 10 heteroatoms. The van der Waals surface area contributed by atoms with Gasteiger partial charge in [-0.2, -0.15) is 0 Å². The van der Waals surface area contributed by atoms with Crippen molar-refractivity contribution in [2.75, 3.05) is 50.9 Å². The van der Waals surface area contributed by atoms with Gasteiger partial charge in [-0.05, 0) is 13.8 Å². The molecule has 0 spiro atoms. The fraction of sp³-hybridized carbons (Fsp3) is 0.667. The second kappa shape index (κ2) is 16.9. The summed E-state index contributed by atoms with van der Waals surface area (Å²) in [7, 11) is 3.39. The number of nitrogens with one attached hydrogen (secondary N) is 2. The van der Waals surface area contributed by atoms with Gasteiger partial charge in [-0.1, -0.05) is 34.7 Å². The van der Waals surface area contributed by atoms with Gasteiger partial charge in [-0.3, -0.25) is 0 Å². The quantitative estimate of drug-likeness (QED) is 0.111. The van der Waals surface area contributed by atoms with E-state index in [0.29, 0.717) is 24.2 Å². The molecular formula is C18H32N2O6S2. The molecule has 8 nitrogen and oxygen atoms in total. The van der Waals surface area contributed by atoms with E-state index in [-0.39, 0.29) is 13.2 Å². The van der Waals surface area contributed by atoms with Gasteiger partial charge in [0.2, 0.25) is 0 Å². The van der Waals surface area contributed by atoms with Crippen molar-refractivity contribution in [3.8, 4) is 0 Å². The highest BCUT2D eigenvalue weighted by atomic mass is 33.1. The molecule has 0 aromatic rings. The molecule has 162 valence electrons. The highest BCUT2D eigenvalue weighted by molar-refractivity contribution is 8.76. The van der Waals surface area contributed by atoms with Crippen LogP contribution in [0.3, 0.4) is 0 Å². The van der Waals surface area contributed by atoms with Gasteiger partial charge in [-0.25, -0.2) is 9.59 Å². The van der Waals surface area contributed by atoms with Crippen LogP contribution in [0.4, 0.5) is 0 Å². The fourth-order valence-electron chi connectivity index (χ4n) is 1.59. The van der Waals surface area contributed by atoms with E-state index in [4.69, 9.17) is 9.47 Å². The zero-order valence-corrected chi connectivity index (χ0v) is 18.2. The summed E-state index contributed by atoms with van der Waals surface area (Å²) in [5.74, 6) is 0.727. The van der Waals surface area contributed by atoms with Crippen LogP contribution in [-0.4, -0.2) is 85.3 Å². The van der Waals surface area contributed by atoms with Gasteiger partial charge in [0, 0.05) is 48.8 Å². The van der Waals surface area contributed by atoms with E-state index in [2.05, 4.69) is 23.8 Å². The van der Waals surface area contributed by atoms with Crippen LogP contribution in [-0.2, 0) is 19.1 Å². The van der Waals surface area contributed by atoms with Crippen LogP contribution in [0.2, 0.25) is 0 Å². The number of esters is 2. The lowest BCUT2D eigenvalue weighted by atomic mass is 10.3. The van der Waals surface area contributed by atoms with E-state index >= 15 is 0 Å². The standard InChI is InChI=1S/C18H32N2O6S2/c1-13(2)17(23)25-11-15(21)9-19-5-7-27-28-8-6-20-10-16(22)12-26-18(24)14(3)4/h15-16,19-22H,1,3,5-12H2,2,4H3. The van der Waals surface area contributed by atoms with Crippen LogP contribution in [0, 0.1) is 0 Å². The molecule has 0 aromatic heterocycles. The predicted octanol–water partition coefficient (Wildman–Crippen LogP) is 0.507. The number of aliphatic hydroxyl groups is 2. The summed E-state index contributed by atoms with van der Waals surface area (Å²) in [6.45, 7) is 12.1. The maximum Gasteiger partial charge on any atom is 0.333 e. The number of ether oxygens (including phenoxy) is 2. The van der Waals surface area contributed by atoms with Gasteiger partial charge in [-0.15, -0.1) is 0 Å². The van der Waals surface area contributed by atoms with E-state index in [1.165, 1.54) is 0 Å². The van der Waals surface area contributed by atoms with Crippen LogP contribution in [0.15, 0.2) is 24.3 Å². The van der Waals surface area contributed by atoms with Crippen molar-refractivity contribution in [3.63, 3.8) is 0 Å². The van der Waals surface area contributed by atoms with Crippen molar-refractivity contribution in [2.24, 2.45) is 0 Å². The first kappa shape index (κ1) is 27.0. The molecule has 28 heavy (non-hydrogen) atoms. The first-order valence-corrected chi connectivity index (χ1v) is 11.4. The molecule has 2 atom stereocenters. The molecule has 0 rings (SSSR count). The summed E-state index contributed by atoms with van der Waals surface area (Å²) >= 11 is 0. The summed E-state index contributed by atoms with van der Waals surface area (Å²) in [5, 5.41) is 25.5. The van der Waals surface area contributed by atoms with Gasteiger partial charge in [0.1, 0.15) is 25.4 Å². The highest BCUT2D eigenvalue weighted by Crippen LogP contribution is 2.19. The minimum atomic E-state index is -0.744. The predicted molar refractivity (Wildman–Crippen MR) is 114 cm³/mol. The zero-order valence-electron chi connectivity index (χ0n) is 16.6. The number of hydrogen-bond acceptors (Lipinski definition) is 10. The largest absolute Gasteiger partial charge is 0.460 e. The Morgan fingerprint density at radius 1 is 0.857 bits per heavy atom. The molecule has 0 radical (unpaired) electrons. The topological polar surface area (TPSA) is 117 Å². The van der Waals surface area contributed by atoms with Gasteiger partial charge in [0.15, 0.2) is 0 Å². The van der Waals surface area contributed by atoms with Crippen LogP contribution >= 0.6 is 21.6 Å². The minimum absolute atomic E-state index is 0.0511. The lowest BCUT2D eigenvalue weighted by molar-refractivity contribution is -0.142. The molecule has 2 unspecified atom stereocenters. The van der Waals surface area contributed by atoms with Crippen molar-refractivity contribution < 1.29 is 29.3 Å². The molecule has 0 heterocycles. The van der Waals surface area contributed by atoms with Gasteiger partial charge >= 0.3 is 11.9 Å². The highest BCUT2D eigenvalue weighted by Gasteiger charge is 2.09. The monoisotopic (exact) mass is 436 g/mol. The second-order valence-corrected chi connectivity index (χ2v) is 8.82. The fourth-order valence-corrected chi connectivity index (χ4v) is 3.49. The molecular weight excluding hydrogens is 404 g/mol. The molecule has 0 fully saturated rings. The number of aliphatic hydroxyl groups excluding tert-OH is 2. The Morgan fingerprint density at radius 2 is 1.21 bits per heavy atom. The normalized spacial score (nSPS) is 12.9. The Balaban J connectivity index is 3.41. The zero-order chi connectivity index (χ0) is 21.4. The van der Waals surface area contributed by atoms with Crippen molar-refractivity contribution in [1.82, 2.24) is 10.6 Å². The van der Waals surface area contributed by atoms with Crippen LogP contribution in [0.25, 0.3) is 0 Å². The van der Waals surface area contributed by atoms with Crippen molar-refractivity contribution in [1.29, 1.82) is 0 Å². The Kier molecular flexibility index (Phi) is 16.2. The summed E-state index contributed by atoms with van der Waals surface area (Å²) in [4.78, 5) is 22.4. The Morgan fingerprint density at radius 3 is 1.54 bits per heavy atom. The third kappa shape index (κ3) is 16.0. The van der Waals surface area contributed by atoms with Crippen molar-refractivity contribution >= 4 is 33.5 Å². The number of rotatable bonds is 17. The van der Waals surface area contributed by atoms with Crippen molar-refractivity contribution in [3.05, 3.63) is 24.3 Å². The molecule has 0 amide bonds. The Hall–Kier alpha value is -1.04. The lowest BCUT2D eigenvalue weighted by Crippen LogP contribution is -2.32. The third-order valence-corrected chi connectivity index (χ3v) is 5.49. The number of hydrogen-bond donors (Lipinski definition) is 4. The van der Waals surface area contributed by atoms with Crippen LogP contribution in [0.1, 0.15) is 13.8 Å². The molecule has 0 saturated heterocycles. The first-order chi connectivity index (χ1) is 13.2. The average molecular weight is 437 g/mol. The van der Waals surface area contributed by atoms with E-state index < -0.39 is 24.1 Å². The first-order valence-electron chi connectivity index (χ1n) is 8.91. The molecule has 0 saturated carbocycles. The molecule has 4 N–H and O–H groups in total. The summed E-state index contributed by atoms with van der Waals surface area (Å²) < 4.78 is 9.72. The number of carbonyl (C=O) groups excluding carboxylic acids is 2. The van der Waals surface area contributed by atoms with Gasteiger partial charge < -0.3 is 30.3 Å². The smallest absolute Gasteiger partial charge is 0.333 e. The van der Waals surface area contributed by atoms with Gasteiger partial charge in [0.05, 0.1) is 0 Å². The van der Waals surface area contributed by atoms with Crippen molar-refractivity contribution in [2.45, 2.75) is 26.1 Å². The van der Waals surface area contributed by atoms with Crippen LogP contribution in [0.5, 0.6) is 0 Å². The minimum Gasteiger partial charge on any atom is -0.460 e. The Labute approximate surface area is 174 Å². The molecule has 0 bridgehead atoms. The molecule has 0 aromatic carbocycles. The third-order valence-electron chi connectivity index (χ3n) is 3.08. The van der Waals surface area contributed by atoms with E-state index in [0.717, 1.165) is 24.6 Å². The average Bonchev–Trinajstić information content (AvgIpc) is 2.65. The summed E-state index contributed by atoms with van der Waals surface area (Å²) in [6.07, 6.45) is -1.49. The number of carbonyl (C=O) groups is 2. The molecule has 0 aliphatic heterocycles. The van der Waals surface area contributed by atoms with Crippen LogP contribution < -0.4 is 10.6 Å². The molecule has 0 aliphatic carbocycles. The lowest BCUT2D eigenvalue weighted by Gasteiger charge is -2.13. The maximum absolute atomic E-state index is 11.2. The van der Waals surface area contributed by atoms with E-state index in [1.54, 1.807) is 35.4 Å². The SMILES string of the molecule is C=C(C)C(=O)OCC(O)CNCCSSCCNCC(O)COC(=O)C(=C)C. The summed E-state index contributed by atoms with van der Waals surface area (Å²) in [5.41, 5.74) is 0.618. The van der Waals surface area contributed by atoms with E-state index in [1.807, 2.05) is 0 Å².